The number of aromatic nitrogens is 4. The van der Waals surface area contributed by atoms with Crippen LogP contribution in [0.2, 0.25) is 0 Å². The van der Waals surface area contributed by atoms with Gasteiger partial charge in [-0.2, -0.15) is 0 Å². The van der Waals surface area contributed by atoms with E-state index in [0.717, 1.165) is 28.1 Å². The third kappa shape index (κ3) is 5.12. The molecule has 7 nitrogen and oxygen atoms in total. The van der Waals surface area contributed by atoms with Gasteiger partial charge < -0.3 is 10.1 Å². The molecule has 4 aromatic rings. The number of thioether (sulfide) groups is 1. The number of rotatable bonds is 7. The monoisotopic (exact) mass is 451 g/mol. The molecule has 2 N–H and O–H groups in total. The lowest BCUT2D eigenvalue weighted by Crippen LogP contribution is -2.13. The highest BCUT2D eigenvalue weighted by Crippen LogP contribution is 2.28. The second-order valence-electron chi connectivity index (χ2n) is 6.89. The Morgan fingerprint density at radius 1 is 1.16 bits per heavy atom. The Morgan fingerprint density at radius 3 is 2.74 bits per heavy atom. The molecule has 0 atom stereocenters. The van der Waals surface area contributed by atoms with Gasteiger partial charge in [-0.15, -0.1) is 16.4 Å². The third-order valence-electron chi connectivity index (χ3n) is 4.58. The Bertz CT molecular complexity index is 1200. The van der Waals surface area contributed by atoms with Crippen LogP contribution in [0.25, 0.3) is 22.6 Å². The summed E-state index contributed by atoms with van der Waals surface area (Å²) < 4.78 is 5.16. The van der Waals surface area contributed by atoms with Gasteiger partial charge in [0.1, 0.15) is 5.75 Å². The highest BCUT2D eigenvalue weighted by Gasteiger charge is 2.12. The molecule has 0 aliphatic heterocycles. The quantitative estimate of drug-likeness (QED) is 0.386. The molecule has 4 rings (SSSR count). The van der Waals surface area contributed by atoms with Crippen LogP contribution in [0, 0.1) is 13.8 Å². The van der Waals surface area contributed by atoms with Gasteiger partial charge in [0.2, 0.25) is 11.1 Å². The predicted molar refractivity (Wildman–Crippen MR) is 125 cm³/mol. The highest BCUT2D eigenvalue weighted by atomic mass is 32.2. The number of H-pyrrole nitrogens is 1. The van der Waals surface area contributed by atoms with Crippen molar-refractivity contribution in [1.29, 1.82) is 0 Å². The molecule has 0 spiro atoms. The van der Waals surface area contributed by atoms with Gasteiger partial charge in [0, 0.05) is 16.5 Å². The molecule has 0 bridgehead atoms. The third-order valence-corrected chi connectivity index (χ3v) is 6.19. The molecule has 2 aromatic heterocycles. The van der Waals surface area contributed by atoms with Gasteiger partial charge in [-0.25, -0.2) is 9.97 Å². The van der Waals surface area contributed by atoms with Crippen LogP contribution >= 0.6 is 23.1 Å². The molecule has 2 aromatic carbocycles. The van der Waals surface area contributed by atoms with Crippen molar-refractivity contribution >= 4 is 34.1 Å². The minimum absolute atomic E-state index is 0.150. The fourth-order valence-electron chi connectivity index (χ4n) is 2.94. The molecule has 158 valence electrons. The summed E-state index contributed by atoms with van der Waals surface area (Å²) in [4.78, 5) is 21.4. The van der Waals surface area contributed by atoms with Crippen molar-refractivity contribution in [3.05, 3.63) is 59.0 Å². The molecule has 0 fully saturated rings. The first-order valence-electron chi connectivity index (χ1n) is 9.54. The first-order valence-corrected chi connectivity index (χ1v) is 11.4. The van der Waals surface area contributed by atoms with E-state index in [-0.39, 0.29) is 11.7 Å². The van der Waals surface area contributed by atoms with Crippen LogP contribution in [-0.2, 0) is 4.79 Å². The number of nitrogens with zero attached hydrogens (tertiary/aromatic N) is 3. The smallest absolute Gasteiger partial charge is 0.236 e. The maximum absolute atomic E-state index is 12.4. The molecular formula is C22H21N5O2S2. The number of aromatic amines is 1. The average molecular weight is 452 g/mol. The Kier molecular flexibility index (Phi) is 6.34. The van der Waals surface area contributed by atoms with E-state index in [1.807, 2.05) is 29.6 Å². The average Bonchev–Trinajstić information content (AvgIpc) is 3.44. The van der Waals surface area contributed by atoms with Crippen molar-refractivity contribution in [2.24, 2.45) is 0 Å². The minimum atomic E-state index is -0.150. The van der Waals surface area contributed by atoms with E-state index in [9.17, 15) is 4.79 Å². The zero-order valence-electron chi connectivity index (χ0n) is 17.3. The lowest BCUT2D eigenvalue weighted by Gasteiger charge is -2.04. The number of ether oxygens (including phenoxy) is 1. The van der Waals surface area contributed by atoms with Crippen molar-refractivity contribution < 1.29 is 9.53 Å². The number of hydrogen-bond donors (Lipinski definition) is 2. The molecule has 2 heterocycles. The van der Waals surface area contributed by atoms with Crippen LogP contribution in [0.1, 0.15) is 11.1 Å². The van der Waals surface area contributed by atoms with Crippen molar-refractivity contribution in [3.63, 3.8) is 0 Å². The van der Waals surface area contributed by atoms with Crippen molar-refractivity contribution in [2.75, 3.05) is 18.2 Å². The number of methoxy groups -OCH3 is 1. The lowest BCUT2D eigenvalue weighted by molar-refractivity contribution is -0.113. The van der Waals surface area contributed by atoms with Crippen LogP contribution in [-0.4, -0.2) is 38.9 Å². The number of aryl methyl sites for hydroxylation is 2. The summed E-state index contributed by atoms with van der Waals surface area (Å²) in [7, 11) is 1.62. The summed E-state index contributed by atoms with van der Waals surface area (Å²) in [6.45, 7) is 4.11. The molecule has 31 heavy (non-hydrogen) atoms. The normalized spacial score (nSPS) is 10.8. The highest BCUT2D eigenvalue weighted by molar-refractivity contribution is 7.99. The van der Waals surface area contributed by atoms with Gasteiger partial charge in [0.15, 0.2) is 11.0 Å². The van der Waals surface area contributed by atoms with Gasteiger partial charge in [0.25, 0.3) is 0 Å². The number of hydrogen-bond acceptors (Lipinski definition) is 7. The maximum Gasteiger partial charge on any atom is 0.236 e. The number of thiazole rings is 1. The molecule has 0 saturated heterocycles. The van der Waals surface area contributed by atoms with E-state index in [1.54, 1.807) is 7.11 Å². The number of anilines is 1. The van der Waals surface area contributed by atoms with Gasteiger partial charge in [-0.3, -0.25) is 9.89 Å². The van der Waals surface area contributed by atoms with E-state index < -0.39 is 0 Å². The van der Waals surface area contributed by atoms with Gasteiger partial charge in [-0.05, 0) is 49.7 Å². The summed E-state index contributed by atoms with van der Waals surface area (Å²) in [5, 5.41) is 13.0. The van der Waals surface area contributed by atoms with Crippen molar-refractivity contribution in [3.8, 4) is 28.4 Å². The van der Waals surface area contributed by atoms with Crippen LogP contribution in [0.5, 0.6) is 5.75 Å². The van der Waals surface area contributed by atoms with Crippen LogP contribution in [0.4, 0.5) is 5.13 Å². The zero-order valence-corrected chi connectivity index (χ0v) is 18.9. The number of carbonyl (C=O) groups excluding carboxylic acids is 1. The molecule has 0 aliphatic rings. The van der Waals surface area contributed by atoms with E-state index in [2.05, 4.69) is 57.5 Å². The van der Waals surface area contributed by atoms with Crippen molar-refractivity contribution in [2.45, 2.75) is 19.0 Å². The summed E-state index contributed by atoms with van der Waals surface area (Å²) in [5.74, 6) is 1.46. The molecule has 0 saturated carbocycles. The first-order chi connectivity index (χ1) is 15.0. The molecule has 0 unspecified atom stereocenters. The Hall–Kier alpha value is -3.17. The second kappa shape index (κ2) is 9.32. The number of amides is 1. The molecule has 0 aliphatic carbocycles. The van der Waals surface area contributed by atoms with Crippen LogP contribution in [0.3, 0.4) is 0 Å². The van der Waals surface area contributed by atoms with Gasteiger partial charge in [0.05, 0.1) is 18.6 Å². The molecule has 1 amide bonds. The summed E-state index contributed by atoms with van der Waals surface area (Å²) in [6.07, 6.45) is 0. The number of benzene rings is 2. The molecule has 0 radical (unpaired) electrons. The summed E-state index contributed by atoms with van der Waals surface area (Å²) >= 11 is 2.68. The number of carbonyl (C=O) groups is 1. The van der Waals surface area contributed by atoms with Crippen LogP contribution < -0.4 is 10.1 Å². The molecular weight excluding hydrogens is 430 g/mol. The van der Waals surface area contributed by atoms with E-state index in [0.29, 0.717) is 16.1 Å². The van der Waals surface area contributed by atoms with Crippen LogP contribution in [0.15, 0.2) is 53.0 Å². The maximum atomic E-state index is 12.4. The summed E-state index contributed by atoms with van der Waals surface area (Å²) in [5.41, 5.74) is 5.18. The predicted octanol–water partition coefficient (Wildman–Crippen LogP) is 4.95. The summed E-state index contributed by atoms with van der Waals surface area (Å²) in [6, 6.07) is 13.8. The van der Waals surface area contributed by atoms with Gasteiger partial charge in [-0.1, -0.05) is 29.5 Å². The zero-order chi connectivity index (χ0) is 21.8. The van der Waals surface area contributed by atoms with E-state index in [1.165, 1.54) is 28.7 Å². The molecule has 9 heteroatoms. The Labute approximate surface area is 188 Å². The minimum Gasteiger partial charge on any atom is -0.497 e. The lowest BCUT2D eigenvalue weighted by atomic mass is 10.0. The Morgan fingerprint density at radius 2 is 1.97 bits per heavy atom. The largest absolute Gasteiger partial charge is 0.497 e. The number of nitrogens with one attached hydrogen (secondary N) is 2. The standard InChI is InChI=1S/C22H21N5O2S2/c1-13-4-5-14(2)17(10-13)18-11-30-21(23-18)24-19(28)12-31-22-25-20(26-27-22)15-6-8-16(29-3)9-7-15/h4-11H,12H2,1-3H3,(H,23,24,28)(H,25,26,27). The fourth-order valence-corrected chi connectivity index (χ4v) is 4.27. The topological polar surface area (TPSA) is 92.8 Å². The van der Waals surface area contributed by atoms with Crippen molar-refractivity contribution in [1.82, 2.24) is 20.2 Å². The second-order valence-corrected chi connectivity index (χ2v) is 8.69. The SMILES string of the molecule is COc1ccc(-c2nc(SCC(=O)Nc3nc(-c4cc(C)ccc4C)cs3)n[nH]2)cc1. The first kappa shape index (κ1) is 21.1. The van der Waals surface area contributed by atoms with E-state index >= 15 is 0 Å². The fraction of sp³-hybridized carbons (Fsp3) is 0.182. The van der Waals surface area contributed by atoms with Gasteiger partial charge >= 0.3 is 0 Å². The Balaban J connectivity index is 1.34. The van der Waals surface area contributed by atoms with E-state index in [4.69, 9.17) is 4.74 Å².